The summed E-state index contributed by atoms with van der Waals surface area (Å²) in [5.74, 6) is 0.180. The Morgan fingerprint density at radius 2 is 2.11 bits per heavy atom. The maximum atomic E-state index is 13.5. The molecule has 0 heterocycles. The summed E-state index contributed by atoms with van der Waals surface area (Å²) in [6.45, 7) is 5.80. The molecule has 1 N–H and O–H groups in total. The lowest BCUT2D eigenvalue weighted by Gasteiger charge is -2.25. The minimum absolute atomic E-state index is 0.150. The minimum Gasteiger partial charge on any atom is -0.385 e. The van der Waals surface area contributed by atoms with Crippen LogP contribution in [0.25, 0.3) is 0 Å². The summed E-state index contributed by atoms with van der Waals surface area (Å²) in [4.78, 5) is 0. The molecule has 18 heavy (non-hydrogen) atoms. The van der Waals surface area contributed by atoms with Gasteiger partial charge in [-0.2, -0.15) is 0 Å². The number of ether oxygens (including phenoxy) is 1. The highest BCUT2D eigenvalue weighted by molar-refractivity contribution is 9.10. The van der Waals surface area contributed by atoms with Gasteiger partial charge < -0.3 is 10.1 Å². The second-order valence-electron chi connectivity index (χ2n) is 4.50. The number of rotatable bonds is 7. The molecule has 102 valence electrons. The predicted octanol–water partition coefficient (Wildman–Crippen LogP) is 3.91. The van der Waals surface area contributed by atoms with Crippen LogP contribution in [0.5, 0.6) is 0 Å². The molecule has 0 bridgehead atoms. The average Bonchev–Trinajstić information content (AvgIpc) is 2.31. The van der Waals surface area contributed by atoms with Gasteiger partial charge in [0.2, 0.25) is 0 Å². The van der Waals surface area contributed by atoms with E-state index in [1.165, 1.54) is 6.07 Å². The van der Waals surface area contributed by atoms with E-state index < -0.39 is 0 Å². The molecule has 1 aromatic rings. The van der Waals surface area contributed by atoms with Gasteiger partial charge in [0.1, 0.15) is 5.82 Å². The van der Waals surface area contributed by atoms with E-state index in [2.05, 4.69) is 35.1 Å². The van der Waals surface area contributed by atoms with E-state index in [1.54, 1.807) is 13.2 Å². The molecule has 2 unspecified atom stereocenters. The van der Waals surface area contributed by atoms with E-state index in [0.717, 1.165) is 29.6 Å². The summed E-state index contributed by atoms with van der Waals surface area (Å²) in [6, 6.07) is 5.20. The van der Waals surface area contributed by atoms with E-state index in [1.807, 2.05) is 6.07 Å². The smallest absolute Gasteiger partial charge is 0.124 e. The van der Waals surface area contributed by atoms with Gasteiger partial charge in [-0.3, -0.25) is 0 Å². The van der Waals surface area contributed by atoms with Crippen molar-refractivity contribution >= 4 is 15.9 Å². The minimum atomic E-state index is -0.207. The van der Waals surface area contributed by atoms with Crippen LogP contribution in [0.3, 0.4) is 0 Å². The first kappa shape index (κ1) is 15.6. The SMILES string of the molecule is CCNC(c1cc(F)cc(Br)c1)C(C)CCOC. The zero-order chi connectivity index (χ0) is 13.5. The third-order valence-electron chi connectivity index (χ3n) is 3.01. The molecule has 0 saturated heterocycles. The molecule has 0 aliphatic carbocycles. The number of hydrogen-bond acceptors (Lipinski definition) is 2. The molecule has 0 amide bonds. The zero-order valence-electron chi connectivity index (χ0n) is 11.2. The fourth-order valence-corrected chi connectivity index (χ4v) is 2.58. The fourth-order valence-electron chi connectivity index (χ4n) is 2.09. The predicted molar refractivity (Wildman–Crippen MR) is 76.2 cm³/mol. The third-order valence-corrected chi connectivity index (χ3v) is 3.47. The van der Waals surface area contributed by atoms with Crippen molar-refractivity contribution in [2.24, 2.45) is 5.92 Å². The van der Waals surface area contributed by atoms with E-state index in [0.29, 0.717) is 5.92 Å². The van der Waals surface area contributed by atoms with Gasteiger partial charge in [-0.1, -0.05) is 29.8 Å². The molecule has 4 heteroatoms. The van der Waals surface area contributed by atoms with E-state index in [9.17, 15) is 4.39 Å². The molecule has 1 rings (SSSR count). The van der Waals surface area contributed by atoms with E-state index >= 15 is 0 Å². The van der Waals surface area contributed by atoms with Crippen LogP contribution in [0.1, 0.15) is 31.9 Å². The average molecular weight is 318 g/mol. The summed E-state index contributed by atoms with van der Waals surface area (Å²) in [5.41, 5.74) is 0.979. The van der Waals surface area contributed by atoms with Crippen LogP contribution in [0.2, 0.25) is 0 Å². The third kappa shape index (κ3) is 4.67. The van der Waals surface area contributed by atoms with Crippen molar-refractivity contribution < 1.29 is 9.13 Å². The quantitative estimate of drug-likeness (QED) is 0.823. The van der Waals surface area contributed by atoms with Gasteiger partial charge in [-0.15, -0.1) is 0 Å². The number of benzene rings is 1. The molecule has 0 fully saturated rings. The second-order valence-corrected chi connectivity index (χ2v) is 5.41. The normalized spacial score (nSPS) is 14.5. The van der Waals surface area contributed by atoms with Crippen molar-refractivity contribution in [1.29, 1.82) is 0 Å². The fraction of sp³-hybridized carbons (Fsp3) is 0.571. The summed E-state index contributed by atoms with van der Waals surface area (Å²) in [6.07, 6.45) is 0.947. The van der Waals surface area contributed by atoms with Crippen LogP contribution in [-0.2, 0) is 4.74 Å². The summed E-state index contributed by atoms with van der Waals surface area (Å²) < 4.78 is 19.4. The molecule has 0 saturated carbocycles. The molecule has 0 aromatic heterocycles. The van der Waals surface area contributed by atoms with Crippen LogP contribution in [0, 0.1) is 11.7 Å². The highest BCUT2D eigenvalue weighted by Gasteiger charge is 2.19. The van der Waals surface area contributed by atoms with Crippen LogP contribution in [0.15, 0.2) is 22.7 Å². The monoisotopic (exact) mass is 317 g/mol. The largest absolute Gasteiger partial charge is 0.385 e. The Morgan fingerprint density at radius 3 is 2.67 bits per heavy atom. The van der Waals surface area contributed by atoms with Gasteiger partial charge in [-0.25, -0.2) is 4.39 Å². The van der Waals surface area contributed by atoms with Gasteiger partial charge in [0, 0.05) is 24.2 Å². The zero-order valence-corrected chi connectivity index (χ0v) is 12.8. The standard InChI is InChI=1S/C14H21BrFNO/c1-4-17-14(10(2)5-6-18-3)11-7-12(15)9-13(16)8-11/h7-10,14,17H,4-6H2,1-3H3. The Hall–Kier alpha value is -0.450. The first-order valence-electron chi connectivity index (χ1n) is 6.26. The highest BCUT2D eigenvalue weighted by atomic mass is 79.9. The van der Waals surface area contributed by atoms with Gasteiger partial charge in [0.05, 0.1) is 0 Å². The van der Waals surface area contributed by atoms with Crippen molar-refractivity contribution in [3.63, 3.8) is 0 Å². The molecule has 0 spiro atoms. The van der Waals surface area contributed by atoms with Crippen molar-refractivity contribution in [2.75, 3.05) is 20.3 Å². The maximum absolute atomic E-state index is 13.5. The van der Waals surface area contributed by atoms with Crippen molar-refractivity contribution in [2.45, 2.75) is 26.3 Å². The number of halogens is 2. The van der Waals surface area contributed by atoms with Gasteiger partial charge in [0.15, 0.2) is 0 Å². The van der Waals surface area contributed by atoms with Crippen molar-refractivity contribution in [3.8, 4) is 0 Å². The maximum Gasteiger partial charge on any atom is 0.124 e. The van der Waals surface area contributed by atoms with E-state index in [-0.39, 0.29) is 11.9 Å². The number of hydrogen-bond donors (Lipinski definition) is 1. The Kier molecular flexibility index (Phi) is 6.82. The summed E-state index contributed by atoms with van der Waals surface area (Å²) in [7, 11) is 1.70. The Bertz CT molecular complexity index is 353. The van der Waals surface area contributed by atoms with Crippen LogP contribution < -0.4 is 5.32 Å². The molecular formula is C14H21BrFNO. The molecular weight excluding hydrogens is 297 g/mol. The first-order valence-corrected chi connectivity index (χ1v) is 7.06. The van der Waals surface area contributed by atoms with Gasteiger partial charge >= 0.3 is 0 Å². The summed E-state index contributed by atoms with van der Waals surface area (Å²) >= 11 is 3.34. The first-order chi connectivity index (χ1) is 8.58. The molecule has 0 aliphatic heterocycles. The van der Waals surface area contributed by atoms with Crippen molar-refractivity contribution in [3.05, 3.63) is 34.1 Å². The highest BCUT2D eigenvalue weighted by Crippen LogP contribution is 2.27. The van der Waals surface area contributed by atoms with E-state index in [4.69, 9.17) is 4.74 Å². The van der Waals surface area contributed by atoms with Gasteiger partial charge in [-0.05, 0) is 42.6 Å². The lowest BCUT2D eigenvalue weighted by Crippen LogP contribution is -2.27. The molecule has 0 aliphatic rings. The van der Waals surface area contributed by atoms with Crippen molar-refractivity contribution in [1.82, 2.24) is 5.32 Å². The van der Waals surface area contributed by atoms with Gasteiger partial charge in [0.25, 0.3) is 0 Å². The Balaban J connectivity index is 2.88. The lowest BCUT2D eigenvalue weighted by molar-refractivity contribution is 0.170. The Labute approximate surface area is 117 Å². The van der Waals surface area contributed by atoms with Crippen LogP contribution in [-0.4, -0.2) is 20.3 Å². The topological polar surface area (TPSA) is 21.3 Å². The molecule has 0 radical (unpaired) electrons. The van der Waals surface area contributed by atoms with Crippen LogP contribution in [0.4, 0.5) is 4.39 Å². The number of methoxy groups -OCH3 is 1. The molecule has 1 aromatic carbocycles. The molecule has 2 atom stereocenters. The molecule has 2 nitrogen and oxygen atoms in total. The lowest BCUT2D eigenvalue weighted by atomic mass is 9.92. The van der Waals surface area contributed by atoms with Crippen LogP contribution >= 0.6 is 15.9 Å². The number of nitrogens with one attached hydrogen (secondary N) is 1. The second kappa shape index (κ2) is 7.87. The summed E-state index contributed by atoms with van der Waals surface area (Å²) in [5, 5.41) is 3.42. The Morgan fingerprint density at radius 1 is 1.39 bits per heavy atom.